The first-order chi connectivity index (χ1) is 9.85. The molecule has 1 heterocycles. The lowest BCUT2D eigenvalue weighted by Gasteiger charge is -2.23. The van der Waals surface area contributed by atoms with E-state index < -0.39 is 0 Å². The summed E-state index contributed by atoms with van der Waals surface area (Å²) in [5.74, 6) is 1.06. The first kappa shape index (κ1) is 15.2. The Morgan fingerprint density at radius 1 is 1.25 bits per heavy atom. The smallest absolute Gasteiger partial charge is 0.128 e. The van der Waals surface area contributed by atoms with Gasteiger partial charge >= 0.3 is 0 Å². The molecule has 1 saturated carbocycles. The monoisotopic (exact) mass is 279 g/mol. The highest BCUT2D eigenvalue weighted by molar-refractivity contribution is 5.42. The van der Waals surface area contributed by atoms with Gasteiger partial charge in [-0.1, -0.05) is 6.07 Å². The third kappa shape index (κ3) is 4.74. The lowest BCUT2D eigenvalue weighted by molar-refractivity contribution is 0.199. The minimum atomic E-state index is 0.656. The van der Waals surface area contributed by atoms with Crippen molar-refractivity contribution in [2.75, 3.05) is 45.4 Å². The standard InChI is InChI=1S/C15H25N3O2/c1-19-9-7-16-11-13-3-6-15(17-12-13)18(8-10-20-2)14-4-5-14/h3,6,12,14,16H,4-5,7-11H2,1-2H3. The van der Waals surface area contributed by atoms with Gasteiger partial charge < -0.3 is 19.7 Å². The van der Waals surface area contributed by atoms with Gasteiger partial charge in [0.15, 0.2) is 0 Å². The molecule has 0 aromatic carbocycles. The average Bonchev–Trinajstić information content (AvgIpc) is 3.30. The Balaban J connectivity index is 1.85. The summed E-state index contributed by atoms with van der Waals surface area (Å²) in [5, 5.41) is 3.32. The van der Waals surface area contributed by atoms with Crippen LogP contribution in [0.4, 0.5) is 5.82 Å². The fourth-order valence-electron chi connectivity index (χ4n) is 2.16. The quantitative estimate of drug-likeness (QED) is 0.657. The molecule has 1 N–H and O–H groups in total. The Morgan fingerprint density at radius 2 is 2.05 bits per heavy atom. The van der Waals surface area contributed by atoms with Crippen LogP contribution in [-0.4, -0.2) is 51.5 Å². The largest absolute Gasteiger partial charge is 0.383 e. The summed E-state index contributed by atoms with van der Waals surface area (Å²) >= 11 is 0. The molecule has 5 heteroatoms. The van der Waals surface area contributed by atoms with Crippen LogP contribution in [0.2, 0.25) is 0 Å². The van der Waals surface area contributed by atoms with Gasteiger partial charge in [-0.3, -0.25) is 0 Å². The SMILES string of the molecule is COCCNCc1ccc(N(CCOC)C2CC2)nc1. The Bertz CT molecular complexity index is 379. The van der Waals surface area contributed by atoms with Crippen LogP contribution in [0.15, 0.2) is 18.3 Å². The molecular formula is C15H25N3O2. The summed E-state index contributed by atoms with van der Waals surface area (Å²) < 4.78 is 10.2. The molecule has 0 radical (unpaired) electrons. The molecule has 1 aromatic heterocycles. The van der Waals surface area contributed by atoms with Gasteiger partial charge in [0.1, 0.15) is 5.82 Å². The first-order valence-electron chi connectivity index (χ1n) is 7.25. The first-order valence-corrected chi connectivity index (χ1v) is 7.25. The molecule has 1 aromatic rings. The number of hydrogen-bond acceptors (Lipinski definition) is 5. The third-order valence-corrected chi connectivity index (χ3v) is 3.44. The van der Waals surface area contributed by atoms with E-state index in [1.165, 1.54) is 18.4 Å². The highest BCUT2D eigenvalue weighted by Crippen LogP contribution is 2.30. The van der Waals surface area contributed by atoms with E-state index >= 15 is 0 Å². The number of nitrogens with zero attached hydrogens (tertiary/aromatic N) is 2. The fraction of sp³-hybridized carbons (Fsp3) is 0.667. The zero-order valence-corrected chi connectivity index (χ0v) is 12.5. The van der Waals surface area contributed by atoms with Crippen molar-refractivity contribution in [3.05, 3.63) is 23.9 Å². The molecule has 0 atom stereocenters. The van der Waals surface area contributed by atoms with Crippen LogP contribution in [0.3, 0.4) is 0 Å². The Hall–Kier alpha value is -1.17. The topological polar surface area (TPSA) is 46.6 Å². The minimum Gasteiger partial charge on any atom is -0.383 e. The molecule has 0 saturated heterocycles. The van der Waals surface area contributed by atoms with Gasteiger partial charge in [-0.05, 0) is 24.5 Å². The van der Waals surface area contributed by atoms with Crippen LogP contribution < -0.4 is 10.2 Å². The third-order valence-electron chi connectivity index (χ3n) is 3.44. The van der Waals surface area contributed by atoms with Gasteiger partial charge in [-0.25, -0.2) is 4.98 Å². The van der Waals surface area contributed by atoms with Crippen molar-refractivity contribution in [2.24, 2.45) is 0 Å². The lowest BCUT2D eigenvalue weighted by Crippen LogP contribution is -2.30. The number of pyridine rings is 1. The Morgan fingerprint density at radius 3 is 2.65 bits per heavy atom. The van der Waals surface area contributed by atoms with Crippen LogP contribution in [0.25, 0.3) is 0 Å². The van der Waals surface area contributed by atoms with Crippen molar-refractivity contribution in [3.63, 3.8) is 0 Å². The molecule has 0 bridgehead atoms. The van der Waals surface area contributed by atoms with E-state index in [9.17, 15) is 0 Å². The number of anilines is 1. The van der Waals surface area contributed by atoms with Crippen LogP contribution in [-0.2, 0) is 16.0 Å². The van der Waals surface area contributed by atoms with Crippen LogP contribution in [0.1, 0.15) is 18.4 Å². The van der Waals surface area contributed by atoms with Crippen molar-refractivity contribution in [1.82, 2.24) is 10.3 Å². The highest BCUT2D eigenvalue weighted by Gasteiger charge is 2.29. The fourth-order valence-corrected chi connectivity index (χ4v) is 2.16. The summed E-state index contributed by atoms with van der Waals surface area (Å²) in [6, 6.07) is 4.91. The summed E-state index contributed by atoms with van der Waals surface area (Å²) in [6.07, 6.45) is 4.49. The van der Waals surface area contributed by atoms with E-state index in [1.54, 1.807) is 14.2 Å². The minimum absolute atomic E-state index is 0.656. The molecule has 1 aliphatic rings. The summed E-state index contributed by atoms with van der Waals surface area (Å²) in [4.78, 5) is 6.94. The number of methoxy groups -OCH3 is 2. The number of rotatable bonds is 10. The van der Waals surface area contributed by atoms with Crippen molar-refractivity contribution in [2.45, 2.75) is 25.4 Å². The Labute approximate surface area is 121 Å². The van der Waals surface area contributed by atoms with Gasteiger partial charge in [-0.15, -0.1) is 0 Å². The summed E-state index contributed by atoms with van der Waals surface area (Å²) in [7, 11) is 3.46. The lowest BCUT2D eigenvalue weighted by atomic mass is 10.2. The predicted octanol–water partition coefficient (Wildman–Crippen LogP) is 1.43. The van der Waals surface area contributed by atoms with E-state index in [0.29, 0.717) is 6.04 Å². The van der Waals surface area contributed by atoms with Crippen molar-refractivity contribution >= 4 is 5.82 Å². The highest BCUT2D eigenvalue weighted by atomic mass is 16.5. The second-order valence-electron chi connectivity index (χ2n) is 5.11. The maximum Gasteiger partial charge on any atom is 0.128 e. The maximum absolute atomic E-state index is 5.18. The van der Waals surface area contributed by atoms with Gasteiger partial charge in [0.05, 0.1) is 13.2 Å². The molecule has 20 heavy (non-hydrogen) atoms. The van der Waals surface area contributed by atoms with Crippen molar-refractivity contribution in [3.8, 4) is 0 Å². The molecule has 2 rings (SSSR count). The maximum atomic E-state index is 5.18. The number of hydrogen-bond donors (Lipinski definition) is 1. The molecule has 1 aliphatic carbocycles. The zero-order valence-electron chi connectivity index (χ0n) is 12.5. The molecule has 0 aliphatic heterocycles. The van der Waals surface area contributed by atoms with Gasteiger partial charge in [-0.2, -0.15) is 0 Å². The molecule has 5 nitrogen and oxygen atoms in total. The van der Waals surface area contributed by atoms with Crippen molar-refractivity contribution < 1.29 is 9.47 Å². The van der Waals surface area contributed by atoms with Crippen LogP contribution in [0.5, 0.6) is 0 Å². The average molecular weight is 279 g/mol. The molecule has 0 amide bonds. The van der Waals surface area contributed by atoms with Gasteiger partial charge in [0, 0.05) is 46.1 Å². The predicted molar refractivity (Wildman–Crippen MR) is 80.1 cm³/mol. The van der Waals surface area contributed by atoms with E-state index in [2.05, 4.69) is 27.3 Å². The summed E-state index contributed by atoms with van der Waals surface area (Å²) in [5.41, 5.74) is 1.20. The number of ether oxygens (including phenoxy) is 2. The second kappa shape index (κ2) is 8.19. The van der Waals surface area contributed by atoms with Crippen LogP contribution in [0, 0.1) is 0 Å². The van der Waals surface area contributed by atoms with E-state index in [1.807, 2.05) is 6.20 Å². The zero-order chi connectivity index (χ0) is 14.2. The van der Waals surface area contributed by atoms with E-state index in [0.717, 1.165) is 38.7 Å². The second-order valence-corrected chi connectivity index (χ2v) is 5.11. The number of nitrogens with one attached hydrogen (secondary N) is 1. The van der Waals surface area contributed by atoms with E-state index in [-0.39, 0.29) is 0 Å². The Kier molecular flexibility index (Phi) is 6.24. The van der Waals surface area contributed by atoms with E-state index in [4.69, 9.17) is 9.47 Å². The molecule has 0 unspecified atom stereocenters. The normalized spacial score (nSPS) is 14.5. The van der Waals surface area contributed by atoms with Gasteiger partial charge in [0.2, 0.25) is 0 Å². The van der Waals surface area contributed by atoms with Crippen molar-refractivity contribution in [1.29, 1.82) is 0 Å². The summed E-state index contributed by atoms with van der Waals surface area (Å²) in [6.45, 7) is 4.09. The molecule has 112 valence electrons. The van der Waals surface area contributed by atoms with Crippen LogP contribution >= 0.6 is 0 Å². The molecular weight excluding hydrogens is 254 g/mol. The molecule has 1 fully saturated rings. The van der Waals surface area contributed by atoms with Gasteiger partial charge in [0.25, 0.3) is 0 Å². The molecule has 0 spiro atoms. The number of aromatic nitrogens is 1.